The van der Waals surface area contributed by atoms with E-state index in [2.05, 4.69) is 0 Å². The Hall–Kier alpha value is -0.570. The smallest absolute Gasteiger partial charge is 0.306 e. The first-order valence-electron chi connectivity index (χ1n) is 3.90. The lowest BCUT2D eigenvalue weighted by atomic mass is 10.1. The lowest BCUT2D eigenvalue weighted by Crippen LogP contribution is -2.09. The van der Waals surface area contributed by atoms with Crippen molar-refractivity contribution in [3.05, 3.63) is 0 Å². The maximum atomic E-state index is 10.8. The summed E-state index contributed by atoms with van der Waals surface area (Å²) in [4.78, 5) is 10.8. The zero-order chi connectivity index (χ0) is 8.69. The fraction of sp³-hybridized carbons (Fsp3) is 0.875. The van der Waals surface area contributed by atoms with Gasteiger partial charge in [0, 0.05) is 12.8 Å². The monoisotopic (exact) mass is 159 g/mol. The molecule has 0 aliphatic carbocycles. The molecule has 0 aromatic carbocycles. The van der Waals surface area contributed by atoms with E-state index in [4.69, 9.17) is 4.74 Å². The molecule has 11 heavy (non-hydrogen) atoms. The topological polar surface area (TPSA) is 46.2 Å². The van der Waals surface area contributed by atoms with Gasteiger partial charge < -0.3 is 4.74 Å². The molecule has 0 rings (SSSR count). The van der Waals surface area contributed by atoms with Gasteiger partial charge in [0.15, 0.2) is 0 Å². The Morgan fingerprint density at radius 3 is 2.55 bits per heavy atom. The van der Waals surface area contributed by atoms with E-state index in [1.54, 1.807) is 0 Å². The third-order valence-electron chi connectivity index (χ3n) is 1.13. The number of rotatable bonds is 5. The second-order valence-corrected chi connectivity index (χ2v) is 2.88. The first-order valence-corrected chi connectivity index (χ1v) is 3.90. The Bertz CT molecular complexity index is 110. The predicted molar refractivity (Wildman–Crippen MR) is 40.6 cm³/mol. The van der Waals surface area contributed by atoms with Gasteiger partial charge in [0.25, 0.3) is 0 Å². The highest BCUT2D eigenvalue weighted by Crippen LogP contribution is 2.00. The molecule has 0 aliphatic rings. The molecule has 0 unspecified atom stereocenters. The molecule has 0 aromatic heterocycles. The van der Waals surface area contributed by atoms with Crippen LogP contribution < -0.4 is 0 Å². The SMILES string of the molecule is CC(C)CC(=O)OCCC[O]. The minimum absolute atomic E-state index is 0.172. The normalized spacial score (nSPS) is 10.2. The van der Waals surface area contributed by atoms with Crippen molar-refractivity contribution in [3.8, 4) is 0 Å². The summed E-state index contributed by atoms with van der Waals surface area (Å²) >= 11 is 0. The Morgan fingerprint density at radius 2 is 2.09 bits per heavy atom. The highest BCUT2D eigenvalue weighted by Gasteiger charge is 2.04. The molecule has 0 N–H and O–H groups in total. The predicted octanol–water partition coefficient (Wildman–Crippen LogP) is 1.40. The van der Waals surface area contributed by atoms with Gasteiger partial charge in [0.05, 0.1) is 13.2 Å². The second-order valence-electron chi connectivity index (χ2n) is 2.88. The molecular formula is C8H15O3. The van der Waals surface area contributed by atoms with Gasteiger partial charge in [-0.1, -0.05) is 13.8 Å². The molecule has 0 bridgehead atoms. The number of carbonyl (C=O) groups excluding carboxylic acids is 1. The minimum Gasteiger partial charge on any atom is -0.466 e. The first-order chi connectivity index (χ1) is 5.16. The third-order valence-corrected chi connectivity index (χ3v) is 1.13. The van der Waals surface area contributed by atoms with Gasteiger partial charge in [0.1, 0.15) is 0 Å². The lowest BCUT2D eigenvalue weighted by Gasteiger charge is -2.04. The van der Waals surface area contributed by atoms with E-state index in [-0.39, 0.29) is 19.2 Å². The summed E-state index contributed by atoms with van der Waals surface area (Å²) in [5.41, 5.74) is 0. The van der Waals surface area contributed by atoms with Crippen LogP contribution in [0.1, 0.15) is 26.7 Å². The standard InChI is InChI=1S/C8H15O3/c1-7(2)6-8(10)11-5-3-4-9/h7H,3-6H2,1-2H3. The van der Waals surface area contributed by atoms with E-state index in [0.29, 0.717) is 18.8 Å². The van der Waals surface area contributed by atoms with Crippen LogP contribution in [0, 0.1) is 5.92 Å². The van der Waals surface area contributed by atoms with Crippen molar-refractivity contribution in [2.24, 2.45) is 5.92 Å². The molecule has 0 fully saturated rings. The van der Waals surface area contributed by atoms with Crippen LogP contribution >= 0.6 is 0 Å². The van der Waals surface area contributed by atoms with Gasteiger partial charge in [-0.2, -0.15) is 0 Å². The van der Waals surface area contributed by atoms with Crippen LogP contribution in [-0.4, -0.2) is 19.2 Å². The van der Waals surface area contributed by atoms with Crippen molar-refractivity contribution in [2.45, 2.75) is 26.7 Å². The molecule has 3 heteroatoms. The second kappa shape index (κ2) is 6.16. The van der Waals surface area contributed by atoms with E-state index in [1.165, 1.54) is 0 Å². The van der Waals surface area contributed by atoms with E-state index in [9.17, 15) is 9.90 Å². The van der Waals surface area contributed by atoms with Gasteiger partial charge >= 0.3 is 5.97 Å². The molecule has 0 heterocycles. The zero-order valence-electron chi connectivity index (χ0n) is 7.13. The fourth-order valence-electron chi connectivity index (χ4n) is 0.637. The largest absolute Gasteiger partial charge is 0.466 e. The lowest BCUT2D eigenvalue weighted by molar-refractivity contribution is -0.144. The summed E-state index contributed by atoms with van der Waals surface area (Å²) < 4.78 is 4.75. The molecule has 0 saturated heterocycles. The number of ether oxygens (including phenoxy) is 1. The molecule has 0 spiro atoms. The van der Waals surface area contributed by atoms with Gasteiger partial charge in [-0.25, -0.2) is 5.11 Å². The van der Waals surface area contributed by atoms with E-state index in [1.807, 2.05) is 13.8 Å². The molecule has 0 saturated carbocycles. The summed E-state index contributed by atoms with van der Waals surface area (Å²) in [6.45, 7) is 4.01. The Morgan fingerprint density at radius 1 is 1.45 bits per heavy atom. The molecule has 0 aromatic rings. The fourth-order valence-corrected chi connectivity index (χ4v) is 0.637. The van der Waals surface area contributed by atoms with Crippen LogP contribution in [0.15, 0.2) is 0 Å². The molecule has 65 valence electrons. The summed E-state index contributed by atoms with van der Waals surface area (Å²) in [7, 11) is 0. The quantitative estimate of drug-likeness (QED) is 0.449. The number of hydrogen-bond acceptors (Lipinski definition) is 2. The van der Waals surface area contributed by atoms with Crippen LogP contribution in [0.5, 0.6) is 0 Å². The molecule has 0 atom stereocenters. The van der Waals surface area contributed by atoms with Gasteiger partial charge in [-0.3, -0.25) is 4.79 Å². The first kappa shape index (κ1) is 10.4. The van der Waals surface area contributed by atoms with Gasteiger partial charge in [-0.15, -0.1) is 0 Å². The maximum absolute atomic E-state index is 10.8. The molecular weight excluding hydrogens is 144 g/mol. The number of hydrogen-bond donors (Lipinski definition) is 0. The highest BCUT2D eigenvalue weighted by atomic mass is 16.5. The van der Waals surface area contributed by atoms with Crippen LogP contribution in [-0.2, 0) is 14.6 Å². The van der Waals surface area contributed by atoms with Crippen LogP contribution in [0.25, 0.3) is 0 Å². The van der Waals surface area contributed by atoms with E-state index >= 15 is 0 Å². The Kier molecular flexibility index (Phi) is 5.84. The van der Waals surface area contributed by atoms with Crippen molar-refractivity contribution < 1.29 is 14.6 Å². The van der Waals surface area contributed by atoms with Gasteiger partial charge in [-0.05, 0) is 5.92 Å². The van der Waals surface area contributed by atoms with Crippen molar-refractivity contribution in [1.29, 1.82) is 0 Å². The van der Waals surface area contributed by atoms with Gasteiger partial charge in [0.2, 0.25) is 0 Å². The van der Waals surface area contributed by atoms with Crippen LogP contribution in [0.3, 0.4) is 0 Å². The minimum atomic E-state index is -0.201. The van der Waals surface area contributed by atoms with E-state index < -0.39 is 0 Å². The Labute approximate surface area is 67.4 Å². The highest BCUT2D eigenvalue weighted by molar-refractivity contribution is 5.69. The summed E-state index contributed by atoms with van der Waals surface area (Å²) in [5, 5.41) is 9.94. The molecule has 0 aliphatic heterocycles. The van der Waals surface area contributed by atoms with Crippen LogP contribution in [0.2, 0.25) is 0 Å². The summed E-state index contributed by atoms with van der Waals surface area (Å²) in [6.07, 6.45) is 0.864. The molecule has 1 radical (unpaired) electrons. The van der Waals surface area contributed by atoms with Crippen molar-refractivity contribution in [1.82, 2.24) is 0 Å². The average molecular weight is 159 g/mol. The van der Waals surface area contributed by atoms with E-state index in [0.717, 1.165) is 0 Å². The summed E-state index contributed by atoms with van der Waals surface area (Å²) in [6, 6.07) is 0. The maximum Gasteiger partial charge on any atom is 0.306 e. The number of carbonyl (C=O) groups is 1. The summed E-state index contributed by atoms with van der Waals surface area (Å²) in [5.74, 6) is 0.128. The average Bonchev–Trinajstić information content (AvgIpc) is 1.86. The van der Waals surface area contributed by atoms with Crippen molar-refractivity contribution in [2.75, 3.05) is 13.2 Å². The van der Waals surface area contributed by atoms with Crippen LogP contribution in [0.4, 0.5) is 0 Å². The zero-order valence-corrected chi connectivity index (χ0v) is 7.13. The third kappa shape index (κ3) is 7.33. The Balaban J connectivity index is 3.23. The molecule has 0 amide bonds. The van der Waals surface area contributed by atoms with Crippen molar-refractivity contribution >= 4 is 5.97 Å². The number of esters is 1. The van der Waals surface area contributed by atoms with Crippen molar-refractivity contribution in [3.63, 3.8) is 0 Å². The molecule has 3 nitrogen and oxygen atoms in total.